The Morgan fingerprint density at radius 3 is 2.00 bits per heavy atom. The van der Waals surface area contributed by atoms with Gasteiger partial charge in [-0.3, -0.25) is 28.9 Å². The van der Waals surface area contributed by atoms with Crippen LogP contribution < -0.4 is 30.1 Å². The van der Waals surface area contributed by atoms with E-state index in [0.717, 1.165) is 17.0 Å². The number of urea groups is 1. The fourth-order valence-corrected chi connectivity index (χ4v) is 5.89. The van der Waals surface area contributed by atoms with Crippen molar-refractivity contribution in [3.63, 3.8) is 0 Å². The molecule has 5 rings (SSSR count). The zero-order valence-corrected chi connectivity index (χ0v) is 27.4. The van der Waals surface area contributed by atoms with Gasteiger partial charge in [0.15, 0.2) is 6.04 Å². The standard InChI is InChI=1S/C34H31F3N6O6S/c1-22(2)42(25-14-5-3-6-15-25)29(44)21-41-27-18-9-10-19-28(27)43(26-16-7-4-8-17-26)32(46)30(31(41)45)39-33(47)38-23-12-11-13-24(20-23)40-50(48,49)34(35,36)37/h3-20,22,30,40H,21H2,1-2H3,(H2,38,39,47). The molecule has 1 atom stereocenters. The topological polar surface area (TPSA) is 148 Å². The summed E-state index contributed by atoms with van der Waals surface area (Å²) >= 11 is 0. The lowest BCUT2D eigenvalue weighted by Crippen LogP contribution is -2.57. The summed E-state index contributed by atoms with van der Waals surface area (Å²) in [4.78, 5) is 59.7. The minimum atomic E-state index is -5.75. The van der Waals surface area contributed by atoms with Gasteiger partial charge in [0.1, 0.15) is 6.54 Å². The largest absolute Gasteiger partial charge is 0.516 e. The number of nitrogens with zero attached hydrogens (tertiary/aromatic N) is 3. The van der Waals surface area contributed by atoms with E-state index < -0.39 is 57.6 Å². The van der Waals surface area contributed by atoms with Crippen LogP contribution in [0.1, 0.15) is 13.8 Å². The fourth-order valence-electron chi connectivity index (χ4n) is 5.34. The number of benzene rings is 4. The average Bonchev–Trinajstić information content (AvgIpc) is 3.14. The maximum absolute atomic E-state index is 14.3. The monoisotopic (exact) mass is 708 g/mol. The van der Waals surface area contributed by atoms with E-state index in [-0.39, 0.29) is 23.1 Å². The van der Waals surface area contributed by atoms with Crippen LogP contribution in [0.15, 0.2) is 109 Å². The zero-order chi connectivity index (χ0) is 36.2. The van der Waals surface area contributed by atoms with E-state index in [1.165, 1.54) is 26.7 Å². The van der Waals surface area contributed by atoms with Gasteiger partial charge in [-0.2, -0.15) is 21.6 Å². The first-order chi connectivity index (χ1) is 23.7. The highest BCUT2D eigenvalue weighted by Gasteiger charge is 2.46. The van der Waals surface area contributed by atoms with Gasteiger partial charge in [0.2, 0.25) is 5.91 Å². The third-order valence-corrected chi connectivity index (χ3v) is 8.59. The lowest BCUT2D eigenvalue weighted by atomic mass is 10.2. The molecule has 0 aromatic heterocycles. The molecule has 3 N–H and O–H groups in total. The second kappa shape index (κ2) is 14.3. The smallest absolute Gasteiger partial charge is 0.318 e. The van der Waals surface area contributed by atoms with Crippen molar-refractivity contribution in [3.05, 3.63) is 109 Å². The van der Waals surface area contributed by atoms with Gasteiger partial charge in [0.05, 0.1) is 17.1 Å². The summed E-state index contributed by atoms with van der Waals surface area (Å²) in [5.41, 5.74) is -4.84. The van der Waals surface area contributed by atoms with Gasteiger partial charge in [0, 0.05) is 23.1 Å². The first-order valence-corrected chi connectivity index (χ1v) is 16.6. The molecule has 0 saturated carbocycles. The van der Waals surface area contributed by atoms with Crippen LogP contribution in [0.25, 0.3) is 0 Å². The normalized spacial score (nSPS) is 14.9. The number of amides is 5. The summed E-state index contributed by atoms with van der Waals surface area (Å²) in [6, 6.07) is 24.6. The fraction of sp³-hybridized carbons (Fsp3) is 0.176. The van der Waals surface area contributed by atoms with E-state index >= 15 is 0 Å². The van der Waals surface area contributed by atoms with Crippen LogP contribution in [-0.2, 0) is 24.4 Å². The van der Waals surface area contributed by atoms with Crippen LogP contribution in [0.3, 0.4) is 0 Å². The highest BCUT2D eigenvalue weighted by Crippen LogP contribution is 2.38. The predicted octanol–water partition coefficient (Wildman–Crippen LogP) is 5.59. The number of sulfonamides is 1. The van der Waals surface area contributed by atoms with Crippen molar-refractivity contribution in [1.82, 2.24) is 5.32 Å². The van der Waals surface area contributed by atoms with Crippen molar-refractivity contribution < 1.29 is 40.8 Å². The Balaban J connectivity index is 1.50. The second-order valence-corrected chi connectivity index (χ2v) is 13.0. The van der Waals surface area contributed by atoms with Crippen LogP contribution in [-0.4, -0.2) is 56.3 Å². The van der Waals surface area contributed by atoms with E-state index in [1.807, 2.05) is 13.8 Å². The van der Waals surface area contributed by atoms with E-state index in [9.17, 15) is 40.8 Å². The molecule has 0 radical (unpaired) electrons. The molecule has 16 heteroatoms. The minimum Gasteiger partial charge on any atom is -0.318 e. The second-order valence-electron chi connectivity index (χ2n) is 11.3. The maximum atomic E-state index is 14.3. The number of alkyl halides is 3. The van der Waals surface area contributed by atoms with Gasteiger partial charge in [-0.25, -0.2) is 4.79 Å². The van der Waals surface area contributed by atoms with Crippen LogP contribution >= 0.6 is 0 Å². The Kier molecular flexibility index (Phi) is 10.1. The Morgan fingerprint density at radius 2 is 1.38 bits per heavy atom. The number of carbonyl (C=O) groups is 4. The quantitative estimate of drug-likeness (QED) is 0.193. The third kappa shape index (κ3) is 7.54. The lowest BCUT2D eigenvalue weighted by Gasteiger charge is -2.31. The number of fused-ring (bicyclic) bond motifs is 1. The first-order valence-electron chi connectivity index (χ1n) is 15.1. The molecule has 5 amide bonds. The van der Waals surface area contributed by atoms with Crippen LogP contribution in [0.2, 0.25) is 0 Å². The summed E-state index contributed by atoms with van der Waals surface area (Å²) in [5.74, 6) is -2.28. The van der Waals surface area contributed by atoms with Gasteiger partial charge in [0.25, 0.3) is 11.8 Å². The number of rotatable bonds is 9. The first kappa shape index (κ1) is 35.4. The maximum Gasteiger partial charge on any atom is 0.516 e. The number of anilines is 6. The van der Waals surface area contributed by atoms with Crippen molar-refractivity contribution in [2.24, 2.45) is 0 Å². The average molecular weight is 709 g/mol. The molecule has 260 valence electrons. The molecule has 1 aliphatic rings. The van der Waals surface area contributed by atoms with Gasteiger partial charge >= 0.3 is 21.6 Å². The molecular weight excluding hydrogens is 677 g/mol. The number of nitrogens with one attached hydrogen (secondary N) is 3. The molecule has 0 saturated heterocycles. The molecule has 0 fully saturated rings. The molecule has 1 heterocycles. The Labute approximate surface area is 285 Å². The summed E-state index contributed by atoms with van der Waals surface area (Å²) < 4.78 is 63.3. The van der Waals surface area contributed by atoms with Gasteiger partial charge in [-0.1, -0.05) is 54.6 Å². The highest BCUT2D eigenvalue weighted by molar-refractivity contribution is 7.93. The minimum absolute atomic E-state index is 0.163. The third-order valence-electron chi connectivity index (χ3n) is 7.47. The van der Waals surface area contributed by atoms with Gasteiger partial charge in [-0.15, -0.1) is 0 Å². The lowest BCUT2D eigenvalue weighted by molar-refractivity contribution is -0.129. The van der Waals surface area contributed by atoms with Gasteiger partial charge in [-0.05, 0) is 68.4 Å². The number of para-hydroxylation sites is 4. The molecule has 4 aromatic rings. The van der Waals surface area contributed by atoms with Crippen LogP contribution in [0, 0.1) is 0 Å². The SMILES string of the molecule is CC(C)N(C(=O)CN1C(=O)C(NC(=O)Nc2cccc(NS(=O)(=O)C(F)(F)F)c2)C(=O)N(c2ccccc2)c2ccccc21)c1ccccc1. The van der Waals surface area contributed by atoms with Crippen molar-refractivity contribution in [3.8, 4) is 0 Å². The van der Waals surface area contributed by atoms with Crippen molar-refractivity contribution in [1.29, 1.82) is 0 Å². The molecule has 0 spiro atoms. The van der Waals surface area contributed by atoms with Crippen molar-refractivity contribution in [2.45, 2.75) is 31.4 Å². The van der Waals surface area contributed by atoms with E-state index in [1.54, 1.807) is 84.9 Å². The van der Waals surface area contributed by atoms with Crippen LogP contribution in [0.4, 0.5) is 52.1 Å². The number of hydrogen-bond acceptors (Lipinski definition) is 6. The van der Waals surface area contributed by atoms with E-state index in [4.69, 9.17) is 0 Å². The van der Waals surface area contributed by atoms with Gasteiger partial charge < -0.3 is 15.5 Å². The summed E-state index contributed by atoms with van der Waals surface area (Å²) in [5, 5.41) is 4.66. The predicted molar refractivity (Wildman–Crippen MR) is 182 cm³/mol. The van der Waals surface area contributed by atoms with E-state index in [2.05, 4.69) is 10.6 Å². The number of halogens is 3. The Morgan fingerprint density at radius 1 is 0.800 bits per heavy atom. The van der Waals surface area contributed by atoms with Crippen molar-refractivity contribution in [2.75, 3.05) is 31.3 Å². The molecule has 50 heavy (non-hydrogen) atoms. The number of carbonyl (C=O) groups excluding carboxylic acids is 4. The molecule has 4 aromatic carbocycles. The van der Waals surface area contributed by atoms with Crippen LogP contribution in [0.5, 0.6) is 0 Å². The summed E-state index contributed by atoms with van der Waals surface area (Å²) in [6.07, 6.45) is 0. The highest BCUT2D eigenvalue weighted by atomic mass is 32.2. The zero-order valence-electron chi connectivity index (χ0n) is 26.6. The Hall–Kier alpha value is -5.90. The molecule has 1 unspecified atom stereocenters. The molecule has 12 nitrogen and oxygen atoms in total. The molecule has 1 aliphatic heterocycles. The number of hydrogen-bond donors (Lipinski definition) is 3. The summed E-state index contributed by atoms with van der Waals surface area (Å²) in [7, 11) is -5.75. The Bertz CT molecular complexity index is 2010. The summed E-state index contributed by atoms with van der Waals surface area (Å²) in [6.45, 7) is 3.10. The molecular formula is C34H31F3N6O6S. The molecule has 0 bridgehead atoms. The molecule has 0 aliphatic carbocycles. The van der Waals surface area contributed by atoms with E-state index in [0.29, 0.717) is 11.4 Å². The van der Waals surface area contributed by atoms with Crippen molar-refractivity contribution >= 4 is 67.9 Å².